The molecule has 0 spiro atoms. The van der Waals surface area contributed by atoms with Crippen LogP contribution in [0, 0.1) is 0 Å². The van der Waals surface area contributed by atoms with E-state index in [-0.39, 0.29) is 16.3 Å². The first kappa shape index (κ1) is 14.7. The number of carbonyl (C=O) groups is 1. The fourth-order valence-corrected chi connectivity index (χ4v) is 2.68. The summed E-state index contributed by atoms with van der Waals surface area (Å²) in [4.78, 5) is 10.6. The molecule has 2 aromatic rings. The molecule has 2 rings (SSSR count). The number of benzene rings is 2. The lowest BCUT2D eigenvalue weighted by atomic mass is 10.2. The maximum absolute atomic E-state index is 12.1. The number of phenolic OH excluding ortho intramolecular Hbond substituents is 1. The van der Waals surface area contributed by atoms with Gasteiger partial charge in [-0.05, 0) is 42.5 Å². The number of carboxylic acid groups (broad SMARTS) is 1. The number of carboxylic acids is 1. The topological polar surface area (TPSA) is 124 Å². The lowest BCUT2D eigenvalue weighted by molar-refractivity contribution is 0.0693. The lowest BCUT2D eigenvalue weighted by Crippen LogP contribution is -2.13. The van der Waals surface area contributed by atoms with Gasteiger partial charge in [0.15, 0.2) is 0 Å². The highest BCUT2D eigenvalue weighted by molar-refractivity contribution is 7.92. The number of hydrogen-bond acceptors (Lipinski definition) is 5. The van der Waals surface area contributed by atoms with E-state index in [0.29, 0.717) is 0 Å². The summed E-state index contributed by atoms with van der Waals surface area (Å²) in [6.45, 7) is 0. The van der Waals surface area contributed by atoms with Gasteiger partial charge in [0.2, 0.25) is 0 Å². The molecule has 0 aliphatic carbocycles. The summed E-state index contributed by atoms with van der Waals surface area (Å²) in [5.74, 6) is -1.98. The number of hydrogen-bond donors (Lipinski definition) is 4. The molecule has 2 aromatic carbocycles. The molecule has 110 valence electrons. The van der Waals surface area contributed by atoms with Crippen LogP contribution in [0.25, 0.3) is 0 Å². The largest absolute Gasteiger partial charge is 0.508 e. The summed E-state index contributed by atoms with van der Waals surface area (Å²) in [5.41, 5.74) is -0.304. The number of rotatable bonds is 4. The van der Waals surface area contributed by atoms with Gasteiger partial charge >= 0.3 is 5.97 Å². The van der Waals surface area contributed by atoms with Crippen molar-refractivity contribution in [1.82, 2.24) is 0 Å². The van der Waals surface area contributed by atoms with E-state index in [9.17, 15) is 18.3 Å². The van der Waals surface area contributed by atoms with Crippen LogP contribution in [-0.4, -0.2) is 29.7 Å². The van der Waals surface area contributed by atoms with E-state index in [0.717, 1.165) is 18.2 Å². The van der Waals surface area contributed by atoms with Crippen molar-refractivity contribution in [3.05, 3.63) is 48.0 Å². The second-order valence-electron chi connectivity index (χ2n) is 4.14. The summed E-state index contributed by atoms with van der Waals surface area (Å²) in [5, 5.41) is 27.4. The Kier molecular flexibility index (Phi) is 3.72. The molecule has 7 nitrogen and oxygen atoms in total. The smallest absolute Gasteiger partial charge is 0.339 e. The molecule has 0 unspecified atom stereocenters. The fraction of sp³-hybridized carbons (Fsp3) is 0. The van der Waals surface area contributed by atoms with Gasteiger partial charge in [0.25, 0.3) is 10.0 Å². The van der Waals surface area contributed by atoms with Crippen LogP contribution in [-0.2, 0) is 10.0 Å². The molecule has 0 aliphatic heterocycles. The number of phenols is 2. The molecular formula is C13H11NO6S. The Morgan fingerprint density at radius 2 is 1.62 bits per heavy atom. The molecule has 0 heterocycles. The van der Waals surface area contributed by atoms with Crippen molar-refractivity contribution in [1.29, 1.82) is 0 Å². The van der Waals surface area contributed by atoms with Crippen molar-refractivity contribution in [3.8, 4) is 11.5 Å². The Morgan fingerprint density at radius 1 is 1.00 bits per heavy atom. The van der Waals surface area contributed by atoms with E-state index >= 15 is 0 Å². The average Bonchev–Trinajstić information content (AvgIpc) is 2.41. The van der Waals surface area contributed by atoms with Crippen LogP contribution >= 0.6 is 0 Å². The lowest BCUT2D eigenvalue weighted by Gasteiger charge is -2.09. The SMILES string of the molecule is O=C(O)c1cc(S(=O)(=O)Nc2ccc(O)cc2)ccc1O. The molecule has 0 amide bonds. The summed E-state index contributed by atoms with van der Waals surface area (Å²) >= 11 is 0. The van der Waals surface area contributed by atoms with Gasteiger partial charge in [0, 0.05) is 5.69 Å². The second-order valence-corrected chi connectivity index (χ2v) is 5.82. The molecule has 0 saturated carbocycles. The van der Waals surface area contributed by atoms with E-state index in [2.05, 4.69) is 4.72 Å². The standard InChI is InChI=1S/C13H11NO6S/c15-9-3-1-8(2-4-9)14-21(19,20)10-5-6-12(16)11(7-10)13(17)18/h1-7,14-16H,(H,17,18). The van der Waals surface area contributed by atoms with E-state index in [1.807, 2.05) is 0 Å². The molecule has 0 aliphatic rings. The Morgan fingerprint density at radius 3 is 2.19 bits per heavy atom. The average molecular weight is 309 g/mol. The van der Waals surface area contributed by atoms with Crippen molar-refractivity contribution in [3.63, 3.8) is 0 Å². The number of anilines is 1. The zero-order chi connectivity index (χ0) is 15.6. The van der Waals surface area contributed by atoms with Crippen molar-refractivity contribution in [2.45, 2.75) is 4.90 Å². The van der Waals surface area contributed by atoms with Crippen molar-refractivity contribution >= 4 is 21.7 Å². The van der Waals surface area contributed by atoms with Gasteiger partial charge < -0.3 is 15.3 Å². The first-order valence-corrected chi connectivity index (χ1v) is 7.16. The minimum atomic E-state index is -4.01. The molecule has 0 aromatic heterocycles. The minimum Gasteiger partial charge on any atom is -0.508 e. The van der Waals surface area contributed by atoms with Crippen molar-refractivity contribution in [2.24, 2.45) is 0 Å². The van der Waals surface area contributed by atoms with Crippen molar-refractivity contribution in [2.75, 3.05) is 4.72 Å². The molecule has 0 saturated heterocycles. The summed E-state index contributed by atoms with van der Waals surface area (Å²) in [7, 11) is -4.01. The third-order valence-electron chi connectivity index (χ3n) is 2.63. The van der Waals surface area contributed by atoms with Gasteiger partial charge in [0.1, 0.15) is 17.1 Å². The van der Waals surface area contributed by atoms with Crippen LogP contribution in [0.1, 0.15) is 10.4 Å². The van der Waals surface area contributed by atoms with Crippen LogP contribution in [0.4, 0.5) is 5.69 Å². The van der Waals surface area contributed by atoms with Crippen LogP contribution in [0.2, 0.25) is 0 Å². The summed E-state index contributed by atoms with van der Waals surface area (Å²) in [6, 6.07) is 8.26. The molecule has 21 heavy (non-hydrogen) atoms. The fourth-order valence-electron chi connectivity index (χ4n) is 1.60. The predicted octanol–water partition coefficient (Wildman–Crippen LogP) is 1.60. The number of nitrogens with one attached hydrogen (secondary N) is 1. The number of sulfonamides is 1. The molecule has 0 radical (unpaired) electrons. The van der Waals surface area contributed by atoms with Crippen LogP contribution < -0.4 is 4.72 Å². The van der Waals surface area contributed by atoms with E-state index in [4.69, 9.17) is 10.2 Å². The number of aromatic hydroxyl groups is 2. The molecule has 0 atom stereocenters. The van der Waals surface area contributed by atoms with Gasteiger partial charge in [-0.3, -0.25) is 4.72 Å². The van der Waals surface area contributed by atoms with Gasteiger partial charge in [-0.1, -0.05) is 0 Å². The van der Waals surface area contributed by atoms with Gasteiger partial charge in [-0.2, -0.15) is 0 Å². The highest BCUT2D eigenvalue weighted by Crippen LogP contribution is 2.23. The quantitative estimate of drug-likeness (QED) is 0.636. The zero-order valence-corrected chi connectivity index (χ0v) is 11.3. The third-order valence-corrected chi connectivity index (χ3v) is 4.01. The molecule has 4 N–H and O–H groups in total. The van der Waals surface area contributed by atoms with Crippen molar-refractivity contribution < 1.29 is 28.5 Å². The molecular weight excluding hydrogens is 298 g/mol. The van der Waals surface area contributed by atoms with E-state index in [1.165, 1.54) is 24.3 Å². The van der Waals surface area contributed by atoms with E-state index in [1.54, 1.807) is 0 Å². The van der Waals surface area contributed by atoms with Gasteiger partial charge in [-0.25, -0.2) is 13.2 Å². The van der Waals surface area contributed by atoms with Crippen LogP contribution in [0.3, 0.4) is 0 Å². The first-order valence-electron chi connectivity index (χ1n) is 5.68. The predicted molar refractivity (Wildman–Crippen MR) is 74.0 cm³/mol. The highest BCUT2D eigenvalue weighted by atomic mass is 32.2. The zero-order valence-electron chi connectivity index (χ0n) is 10.5. The summed E-state index contributed by atoms with van der Waals surface area (Å²) in [6.07, 6.45) is 0. The Labute approximate surface area is 120 Å². The van der Waals surface area contributed by atoms with Crippen LogP contribution in [0.5, 0.6) is 11.5 Å². The second kappa shape index (κ2) is 5.33. The number of aromatic carboxylic acids is 1. The van der Waals surface area contributed by atoms with Gasteiger partial charge in [0.05, 0.1) is 4.90 Å². The first-order chi connectivity index (χ1) is 9.79. The normalized spacial score (nSPS) is 11.0. The van der Waals surface area contributed by atoms with Crippen LogP contribution in [0.15, 0.2) is 47.4 Å². The molecule has 0 bridgehead atoms. The molecule has 0 fully saturated rings. The summed E-state index contributed by atoms with van der Waals surface area (Å²) < 4.78 is 26.5. The maximum Gasteiger partial charge on any atom is 0.339 e. The highest BCUT2D eigenvalue weighted by Gasteiger charge is 2.19. The monoisotopic (exact) mass is 309 g/mol. The van der Waals surface area contributed by atoms with Gasteiger partial charge in [-0.15, -0.1) is 0 Å². The minimum absolute atomic E-state index is 0.0178. The molecule has 8 heteroatoms. The third kappa shape index (κ3) is 3.23. The van der Waals surface area contributed by atoms with E-state index < -0.39 is 27.3 Å². The Balaban J connectivity index is 2.38. The maximum atomic E-state index is 12.1. The Bertz CT molecular complexity index is 783. The Hall–Kier alpha value is -2.74.